The van der Waals surface area contributed by atoms with Crippen molar-refractivity contribution in [2.24, 2.45) is 0 Å². The molecule has 1 aromatic carbocycles. The van der Waals surface area contributed by atoms with E-state index in [9.17, 15) is 14.0 Å². The molecule has 0 aliphatic carbocycles. The summed E-state index contributed by atoms with van der Waals surface area (Å²) in [6.45, 7) is -0.0148. The molecule has 2 aromatic rings. The number of pyridine rings is 1. The van der Waals surface area contributed by atoms with Crippen LogP contribution in [0.25, 0.3) is 0 Å². The van der Waals surface area contributed by atoms with Crippen LogP contribution in [0.1, 0.15) is 15.9 Å². The number of halogens is 2. The van der Waals surface area contributed by atoms with Crippen molar-refractivity contribution >= 4 is 21.9 Å². The molecule has 0 saturated carbocycles. The quantitative estimate of drug-likeness (QED) is 0.943. The molecule has 0 fully saturated rings. The minimum atomic E-state index is -1.30. The zero-order chi connectivity index (χ0) is 14.0. The fourth-order valence-electron chi connectivity index (χ4n) is 1.66. The Morgan fingerprint density at radius 2 is 2.11 bits per heavy atom. The van der Waals surface area contributed by atoms with Crippen molar-refractivity contribution in [3.05, 3.63) is 68.3 Å². The summed E-state index contributed by atoms with van der Waals surface area (Å²) in [7, 11) is 0. The molecule has 4 nitrogen and oxygen atoms in total. The van der Waals surface area contributed by atoms with E-state index >= 15 is 0 Å². The van der Waals surface area contributed by atoms with Crippen LogP contribution in [0.3, 0.4) is 0 Å². The van der Waals surface area contributed by atoms with Crippen molar-refractivity contribution < 1.29 is 14.3 Å². The Labute approximate surface area is 116 Å². The molecule has 0 radical (unpaired) electrons. The van der Waals surface area contributed by atoms with Gasteiger partial charge in [-0.3, -0.25) is 4.79 Å². The Balaban J connectivity index is 2.42. The first kappa shape index (κ1) is 13.5. The van der Waals surface area contributed by atoms with Crippen LogP contribution < -0.4 is 5.56 Å². The van der Waals surface area contributed by atoms with Gasteiger partial charge in [-0.05, 0) is 24.3 Å². The zero-order valence-corrected chi connectivity index (χ0v) is 11.2. The van der Waals surface area contributed by atoms with Gasteiger partial charge in [-0.15, -0.1) is 0 Å². The van der Waals surface area contributed by atoms with Gasteiger partial charge in [0.15, 0.2) is 0 Å². The van der Waals surface area contributed by atoms with Gasteiger partial charge in [-0.2, -0.15) is 0 Å². The summed E-state index contributed by atoms with van der Waals surface area (Å²) in [6, 6.07) is 7.16. The van der Waals surface area contributed by atoms with E-state index in [2.05, 4.69) is 15.9 Å². The maximum Gasteiger partial charge on any atom is 0.341 e. The lowest BCUT2D eigenvalue weighted by atomic mass is 10.2. The standard InChI is InChI=1S/C13H9BrFNO3/c14-9-4-3-8(11(15)6-9)7-16-5-1-2-10(12(16)17)13(18)19/h1-6H,7H2,(H,18,19). The SMILES string of the molecule is O=C(O)c1cccn(Cc2ccc(Br)cc2F)c1=O. The molecule has 1 N–H and O–H groups in total. The van der Waals surface area contributed by atoms with E-state index in [0.29, 0.717) is 10.0 Å². The van der Waals surface area contributed by atoms with E-state index < -0.39 is 17.3 Å². The van der Waals surface area contributed by atoms with Crippen molar-refractivity contribution in [2.45, 2.75) is 6.54 Å². The molecule has 0 bridgehead atoms. The summed E-state index contributed by atoms with van der Waals surface area (Å²) < 4.78 is 15.4. The summed E-state index contributed by atoms with van der Waals surface area (Å²) in [5.74, 6) is -1.75. The van der Waals surface area contributed by atoms with E-state index in [0.717, 1.165) is 4.57 Å². The highest BCUT2D eigenvalue weighted by Gasteiger charge is 2.11. The number of hydrogen-bond acceptors (Lipinski definition) is 2. The van der Waals surface area contributed by atoms with Crippen LogP contribution in [0, 0.1) is 5.82 Å². The van der Waals surface area contributed by atoms with Crippen molar-refractivity contribution in [1.29, 1.82) is 0 Å². The number of rotatable bonds is 3. The van der Waals surface area contributed by atoms with Gasteiger partial charge in [0, 0.05) is 16.2 Å². The number of benzene rings is 1. The van der Waals surface area contributed by atoms with Gasteiger partial charge in [-0.25, -0.2) is 9.18 Å². The highest BCUT2D eigenvalue weighted by atomic mass is 79.9. The van der Waals surface area contributed by atoms with Crippen LogP contribution in [-0.2, 0) is 6.54 Å². The second-order valence-electron chi connectivity index (χ2n) is 3.90. The summed E-state index contributed by atoms with van der Waals surface area (Å²) in [5.41, 5.74) is -0.676. The van der Waals surface area contributed by atoms with Gasteiger partial charge in [0.2, 0.25) is 0 Å². The number of aromatic carboxylic acids is 1. The molecular weight excluding hydrogens is 317 g/mol. The summed E-state index contributed by atoms with van der Waals surface area (Å²) in [5, 5.41) is 8.85. The molecule has 0 spiro atoms. The Hall–Kier alpha value is -1.95. The lowest BCUT2D eigenvalue weighted by Gasteiger charge is -2.08. The first-order valence-corrected chi connectivity index (χ1v) is 6.15. The smallest absolute Gasteiger partial charge is 0.341 e. The Morgan fingerprint density at radius 3 is 2.74 bits per heavy atom. The molecule has 0 amide bonds. The number of hydrogen-bond donors (Lipinski definition) is 1. The van der Waals surface area contributed by atoms with Crippen LogP contribution >= 0.6 is 15.9 Å². The van der Waals surface area contributed by atoms with Crippen LogP contribution in [-0.4, -0.2) is 15.6 Å². The molecule has 0 aliphatic rings. The molecule has 2 rings (SSSR count). The van der Waals surface area contributed by atoms with Crippen LogP contribution in [0.5, 0.6) is 0 Å². The average molecular weight is 326 g/mol. The molecule has 1 heterocycles. The monoisotopic (exact) mass is 325 g/mol. The normalized spacial score (nSPS) is 10.4. The molecule has 0 saturated heterocycles. The third kappa shape index (κ3) is 2.90. The minimum absolute atomic E-state index is 0.0148. The molecule has 0 atom stereocenters. The molecule has 98 valence electrons. The lowest BCUT2D eigenvalue weighted by molar-refractivity contribution is 0.0694. The van der Waals surface area contributed by atoms with Crippen LogP contribution in [0.4, 0.5) is 4.39 Å². The summed E-state index contributed by atoms with van der Waals surface area (Å²) in [6.07, 6.45) is 1.43. The maximum atomic E-state index is 13.7. The number of nitrogens with zero attached hydrogens (tertiary/aromatic N) is 1. The van der Waals surface area contributed by atoms with Gasteiger partial charge < -0.3 is 9.67 Å². The highest BCUT2D eigenvalue weighted by molar-refractivity contribution is 9.10. The predicted octanol–water partition coefficient (Wildman–Crippen LogP) is 2.50. The second kappa shape index (κ2) is 5.36. The largest absolute Gasteiger partial charge is 0.477 e. The predicted molar refractivity (Wildman–Crippen MR) is 70.9 cm³/mol. The summed E-state index contributed by atoms with van der Waals surface area (Å²) >= 11 is 3.14. The molecule has 19 heavy (non-hydrogen) atoms. The number of carboxylic acid groups (broad SMARTS) is 1. The number of carboxylic acids is 1. The third-order valence-corrected chi connectivity index (χ3v) is 3.10. The van der Waals surface area contributed by atoms with E-state index in [1.165, 1.54) is 24.4 Å². The highest BCUT2D eigenvalue weighted by Crippen LogP contribution is 2.15. The Kier molecular flexibility index (Phi) is 3.80. The Morgan fingerprint density at radius 1 is 1.37 bits per heavy atom. The topological polar surface area (TPSA) is 59.3 Å². The third-order valence-electron chi connectivity index (χ3n) is 2.61. The number of aromatic nitrogens is 1. The summed E-state index contributed by atoms with van der Waals surface area (Å²) in [4.78, 5) is 22.7. The fourth-order valence-corrected chi connectivity index (χ4v) is 1.99. The van der Waals surface area contributed by atoms with Gasteiger partial charge in [-0.1, -0.05) is 22.0 Å². The first-order chi connectivity index (χ1) is 8.99. The van der Waals surface area contributed by atoms with Crippen molar-refractivity contribution in [3.8, 4) is 0 Å². The van der Waals surface area contributed by atoms with Crippen LogP contribution in [0.2, 0.25) is 0 Å². The second-order valence-corrected chi connectivity index (χ2v) is 4.81. The van der Waals surface area contributed by atoms with E-state index in [-0.39, 0.29) is 12.1 Å². The average Bonchev–Trinajstić information content (AvgIpc) is 2.34. The molecule has 1 aromatic heterocycles. The molecular formula is C13H9BrFNO3. The van der Waals surface area contributed by atoms with Gasteiger partial charge in [0.25, 0.3) is 5.56 Å². The number of carbonyl (C=O) groups is 1. The van der Waals surface area contributed by atoms with Gasteiger partial charge in [0.05, 0.1) is 6.54 Å². The molecule has 0 aliphatic heterocycles. The molecule has 6 heteroatoms. The fraction of sp³-hybridized carbons (Fsp3) is 0.0769. The van der Waals surface area contributed by atoms with E-state index in [4.69, 9.17) is 5.11 Å². The lowest BCUT2D eigenvalue weighted by Crippen LogP contribution is -2.26. The van der Waals surface area contributed by atoms with E-state index in [1.54, 1.807) is 12.1 Å². The van der Waals surface area contributed by atoms with Crippen molar-refractivity contribution in [3.63, 3.8) is 0 Å². The Bertz CT molecular complexity index is 697. The van der Waals surface area contributed by atoms with Crippen molar-refractivity contribution in [1.82, 2.24) is 4.57 Å². The zero-order valence-electron chi connectivity index (χ0n) is 9.64. The molecule has 0 unspecified atom stereocenters. The van der Waals surface area contributed by atoms with E-state index in [1.807, 2.05) is 0 Å². The van der Waals surface area contributed by atoms with Gasteiger partial charge in [0.1, 0.15) is 11.4 Å². The van der Waals surface area contributed by atoms with Crippen molar-refractivity contribution in [2.75, 3.05) is 0 Å². The van der Waals surface area contributed by atoms with Gasteiger partial charge >= 0.3 is 5.97 Å². The first-order valence-electron chi connectivity index (χ1n) is 5.35. The van der Waals surface area contributed by atoms with Crippen LogP contribution in [0.15, 0.2) is 45.8 Å². The maximum absolute atomic E-state index is 13.7. The minimum Gasteiger partial charge on any atom is -0.477 e.